The molecule has 0 aromatic rings. The first-order valence-corrected chi connectivity index (χ1v) is 13.4. The van der Waals surface area contributed by atoms with E-state index >= 15 is 0 Å². The van der Waals surface area contributed by atoms with Gasteiger partial charge in [0.2, 0.25) is 5.79 Å². The summed E-state index contributed by atoms with van der Waals surface area (Å²) in [6.45, 7) is 11.9. The number of hydrogen-bond donors (Lipinski definition) is 2. The van der Waals surface area contributed by atoms with E-state index in [0.29, 0.717) is 12.8 Å². The SMILES string of the molecule is C=C1C[C@](OC)([C@@H](O)C(=O)N[C@H]2OCO[C@H]3[C@@H]2O[C@H](C[C@H]2CCCC(=O)O2)C(C)(C)[C@@H]3OC)O[C@H](C)[C@@H]1C. The Morgan fingerprint density at radius 1 is 1.24 bits per heavy atom. The first-order chi connectivity index (χ1) is 17.9. The van der Waals surface area contributed by atoms with Crippen molar-refractivity contribution in [1.29, 1.82) is 0 Å². The van der Waals surface area contributed by atoms with E-state index in [2.05, 4.69) is 11.9 Å². The number of aliphatic hydroxyl groups excluding tert-OH is 1. The number of amides is 1. The molecule has 216 valence electrons. The highest BCUT2D eigenvalue weighted by Gasteiger charge is 2.57. The molecule has 4 aliphatic heterocycles. The Morgan fingerprint density at radius 3 is 2.61 bits per heavy atom. The number of carbonyl (C=O) groups excluding carboxylic acids is 2. The van der Waals surface area contributed by atoms with E-state index < -0.39 is 47.8 Å². The van der Waals surface area contributed by atoms with Gasteiger partial charge in [-0.15, -0.1) is 0 Å². The van der Waals surface area contributed by atoms with Gasteiger partial charge in [0.25, 0.3) is 5.91 Å². The Balaban J connectivity index is 1.51. The van der Waals surface area contributed by atoms with E-state index in [-0.39, 0.29) is 43.4 Å². The molecule has 4 rings (SSSR count). The zero-order chi connectivity index (χ0) is 27.8. The number of methoxy groups -OCH3 is 2. The largest absolute Gasteiger partial charge is 0.462 e. The van der Waals surface area contributed by atoms with Crippen molar-refractivity contribution in [1.82, 2.24) is 5.32 Å². The Labute approximate surface area is 224 Å². The monoisotopic (exact) mass is 541 g/mol. The lowest BCUT2D eigenvalue weighted by Gasteiger charge is -2.54. The zero-order valence-electron chi connectivity index (χ0n) is 23.3. The van der Waals surface area contributed by atoms with Crippen LogP contribution in [0.3, 0.4) is 0 Å². The topological polar surface area (TPSA) is 131 Å². The number of nitrogens with one attached hydrogen (secondary N) is 1. The average Bonchev–Trinajstić information content (AvgIpc) is 2.87. The summed E-state index contributed by atoms with van der Waals surface area (Å²) in [5.41, 5.74) is 0.334. The van der Waals surface area contributed by atoms with Crippen molar-refractivity contribution in [3.05, 3.63) is 12.2 Å². The Hall–Kier alpha value is -1.60. The molecule has 0 aromatic heterocycles. The van der Waals surface area contributed by atoms with Crippen LogP contribution in [0.5, 0.6) is 0 Å². The minimum absolute atomic E-state index is 0.0541. The van der Waals surface area contributed by atoms with E-state index in [4.69, 9.17) is 33.2 Å². The number of hydrogen-bond acceptors (Lipinski definition) is 10. The van der Waals surface area contributed by atoms with Crippen LogP contribution in [0.1, 0.15) is 59.8 Å². The number of aliphatic hydroxyl groups is 1. The summed E-state index contributed by atoms with van der Waals surface area (Å²) < 4.78 is 41.2. The molecule has 2 N–H and O–H groups in total. The molecule has 4 heterocycles. The lowest BCUT2D eigenvalue weighted by molar-refractivity contribution is -0.333. The second-order valence-electron chi connectivity index (χ2n) is 11.5. The number of rotatable bonds is 7. The molecular weight excluding hydrogens is 498 g/mol. The van der Waals surface area contributed by atoms with Gasteiger partial charge in [0, 0.05) is 44.8 Å². The molecule has 4 aliphatic rings. The summed E-state index contributed by atoms with van der Waals surface area (Å²) in [5.74, 6) is -2.45. The summed E-state index contributed by atoms with van der Waals surface area (Å²) in [4.78, 5) is 25.2. The van der Waals surface area contributed by atoms with E-state index in [1.54, 1.807) is 7.11 Å². The van der Waals surface area contributed by atoms with Gasteiger partial charge in [-0.3, -0.25) is 9.59 Å². The minimum atomic E-state index is -1.65. The first-order valence-electron chi connectivity index (χ1n) is 13.4. The van der Waals surface area contributed by atoms with Gasteiger partial charge in [-0.2, -0.15) is 0 Å². The zero-order valence-corrected chi connectivity index (χ0v) is 23.3. The van der Waals surface area contributed by atoms with Crippen LogP contribution >= 0.6 is 0 Å². The lowest BCUT2D eigenvalue weighted by atomic mass is 9.72. The molecule has 0 aliphatic carbocycles. The molecule has 0 saturated carbocycles. The highest BCUT2D eigenvalue weighted by molar-refractivity contribution is 5.82. The van der Waals surface area contributed by atoms with E-state index in [9.17, 15) is 14.7 Å². The smallest absolute Gasteiger partial charge is 0.306 e. The predicted octanol–water partition coefficient (Wildman–Crippen LogP) is 1.80. The van der Waals surface area contributed by atoms with Gasteiger partial charge in [0.05, 0.1) is 18.3 Å². The maximum absolute atomic E-state index is 13.3. The van der Waals surface area contributed by atoms with Gasteiger partial charge < -0.3 is 43.6 Å². The van der Waals surface area contributed by atoms with Crippen molar-refractivity contribution >= 4 is 11.9 Å². The van der Waals surface area contributed by atoms with Crippen molar-refractivity contribution in [3.8, 4) is 0 Å². The average molecular weight is 542 g/mol. The van der Waals surface area contributed by atoms with Crippen molar-refractivity contribution < 1.29 is 47.9 Å². The van der Waals surface area contributed by atoms with Crippen LogP contribution in [-0.2, 0) is 42.7 Å². The maximum atomic E-state index is 13.3. The number of cyclic esters (lactones) is 1. The summed E-state index contributed by atoms with van der Waals surface area (Å²) in [6.07, 6.45) is -2.60. The third kappa shape index (κ3) is 5.52. The molecule has 0 unspecified atom stereocenters. The third-order valence-electron chi connectivity index (χ3n) is 8.75. The van der Waals surface area contributed by atoms with E-state index in [1.807, 2.05) is 27.7 Å². The highest BCUT2D eigenvalue weighted by Crippen LogP contribution is 2.44. The molecule has 11 heteroatoms. The minimum Gasteiger partial charge on any atom is -0.462 e. The normalized spacial score (nSPS) is 42.1. The molecule has 0 radical (unpaired) electrons. The van der Waals surface area contributed by atoms with Crippen LogP contribution in [-0.4, -0.2) is 92.7 Å². The summed E-state index contributed by atoms with van der Waals surface area (Å²) in [6, 6.07) is 0. The molecule has 4 fully saturated rings. The van der Waals surface area contributed by atoms with Crippen LogP contribution in [0.2, 0.25) is 0 Å². The van der Waals surface area contributed by atoms with E-state index in [0.717, 1.165) is 18.4 Å². The molecular formula is C27H43NO10. The van der Waals surface area contributed by atoms with Crippen LogP contribution in [0, 0.1) is 11.3 Å². The van der Waals surface area contributed by atoms with Gasteiger partial charge >= 0.3 is 5.97 Å². The number of carbonyl (C=O) groups is 2. The van der Waals surface area contributed by atoms with E-state index in [1.165, 1.54) is 7.11 Å². The number of esters is 1. The standard InChI is InChI=1S/C27H43NO10/c1-14-12-27(33-7,38-16(3)15(14)2)22(30)24(31)28-25-21-20(34-13-35-25)23(32-6)26(4,5)18(37-21)11-17-9-8-10-19(29)36-17/h15-18,20-23,25,30H,1,8-13H2,2-7H3,(H,28,31)/t15-,16-,17-,18-,20+,21+,22+,23-,25+,27-/m1/s1. The second kappa shape index (κ2) is 11.5. The van der Waals surface area contributed by atoms with Crippen molar-refractivity contribution in [2.24, 2.45) is 11.3 Å². The molecule has 4 saturated heterocycles. The lowest BCUT2D eigenvalue weighted by Crippen LogP contribution is -2.69. The molecule has 10 atom stereocenters. The fourth-order valence-corrected chi connectivity index (χ4v) is 6.12. The quantitative estimate of drug-likeness (QED) is 0.363. The molecule has 0 aromatic carbocycles. The van der Waals surface area contributed by atoms with Crippen molar-refractivity contribution in [2.75, 3.05) is 21.0 Å². The van der Waals surface area contributed by atoms with Crippen molar-refractivity contribution in [2.45, 2.75) is 115 Å². The predicted molar refractivity (Wildman–Crippen MR) is 134 cm³/mol. The summed E-state index contributed by atoms with van der Waals surface area (Å²) in [7, 11) is 3.01. The number of ether oxygens (including phenoxy) is 7. The van der Waals surface area contributed by atoms with Crippen molar-refractivity contribution in [3.63, 3.8) is 0 Å². The van der Waals surface area contributed by atoms with Crippen LogP contribution < -0.4 is 5.32 Å². The summed E-state index contributed by atoms with van der Waals surface area (Å²) in [5, 5.41) is 13.9. The fourth-order valence-electron chi connectivity index (χ4n) is 6.12. The number of fused-ring (bicyclic) bond motifs is 1. The molecule has 11 nitrogen and oxygen atoms in total. The summed E-state index contributed by atoms with van der Waals surface area (Å²) >= 11 is 0. The van der Waals surface area contributed by atoms with Gasteiger partial charge in [0.15, 0.2) is 12.3 Å². The third-order valence-corrected chi connectivity index (χ3v) is 8.75. The Morgan fingerprint density at radius 2 is 1.97 bits per heavy atom. The first kappa shape index (κ1) is 29.4. The molecule has 0 spiro atoms. The Kier molecular flexibility index (Phi) is 8.88. The molecule has 1 amide bonds. The molecule has 38 heavy (non-hydrogen) atoms. The van der Waals surface area contributed by atoms with Gasteiger partial charge in [-0.05, 0) is 19.8 Å². The highest BCUT2D eigenvalue weighted by atomic mass is 16.7. The van der Waals surface area contributed by atoms with Crippen LogP contribution in [0.4, 0.5) is 0 Å². The van der Waals surface area contributed by atoms with Gasteiger partial charge in [-0.1, -0.05) is 32.9 Å². The maximum Gasteiger partial charge on any atom is 0.306 e. The van der Waals surface area contributed by atoms with Gasteiger partial charge in [0.1, 0.15) is 25.1 Å². The second-order valence-corrected chi connectivity index (χ2v) is 11.5. The molecule has 0 bridgehead atoms. The Bertz CT molecular complexity index is 895. The fraction of sp³-hybridized carbons (Fsp3) is 0.852. The van der Waals surface area contributed by atoms with Crippen LogP contribution in [0.25, 0.3) is 0 Å². The van der Waals surface area contributed by atoms with Crippen LogP contribution in [0.15, 0.2) is 12.2 Å². The van der Waals surface area contributed by atoms with Gasteiger partial charge in [-0.25, -0.2) is 0 Å².